The molecule has 0 aliphatic carbocycles. The third kappa shape index (κ3) is 0.535. The van der Waals surface area contributed by atoms with Crippen LogP contribution >= 0.6 is 0 Å². The minimum absolute atomic E-state index is 0.747. The van der Waals surface area contributed by atoms with Crippen LogP contribution in [0.2, 0.25) is 0 Å². The normalized spacial score (nSPS) is 16.0. The number of hydrogen-bond acceptors (Lipinski definition) is 2. The van der Waals surface area contributed by atoms with E-state index in [0.717, 1.165) is 6.54 Å². The van der Waals surface area contributed by atoms with Crippen molar-refractivity contribution in [2.24, 2.45) is 4.99 Å². The molecule has 0 saturated carbocycles. The van der Waals surface area contributed by atoms with E-state index in [4.69, 9.17) is 0 Å². The van der Waals surface area contributed by atoms with Crippen LogP contribution in [0.3, 0.4) is 0 Å². The maximum Gasteiger partial charge on any atom is 0.208 e. The Labute approximate surface area is 36.6 Å². The van der Waals surface area contributed by atoms with Gasteiger partial charge < -0.3 is 5.32 Å². The van der Waals surface area contributed by atoms with E-state index in [0.29, 0.717) is 0 Å². The van der Waals surface area contributed by atoms with E-state index in [1.165, 1.54) is 0 Å². The molecule has 1 N–H and O–H groups in total. The van der Waals surface area contributed by atoms with Crippen LogP contribution in [0.15, 0.2) is 17.4 Å². The molecule has 0 radical (unpaired) electrons. The molecule has 0 bridgehead atoms. The second-order valence-corrected chi connectivity index (χ2v) is 0.984. The molecule has 0 atom stereocenters. The molecular weight excluding hydrogens is 76.1 g/mol. The van der Waals surface area contributed by atoms with Crippen LogP contribution in [0.4, 0.5) is 0 Å². The predicted octanol–water partition coefficient (Wildman–Crippen LogP) is 0.00860. The van der Waals surface area contributed by atoms with Crippen LogP contribution < -0.4 is 5.32 Å². The fraction of sp³-hybridized carbons (Fsp3) is 0.250. The van der Waals surface area contributed by atoms with Gasteiger partial charge in [-0.1, -0.05) is 0 Å². The Morgan fingerprint density at radius 1 is 1.83 bits per heavy atom. The first-order valence-corrected chi connectivity index (χ1v) is 1.81. The zero-order valence-electron chi connectivity index (χ0n) is 3.31. The maximum atomic E-state index is 3.68. The van der Waals surface area contributed by atoms with Crippen molar-refractivity contribution in [3.05, 3.63) is 12.4 Å². The zero-order valence-corrected chi connectivity index (χ0v) is 3.31. The van der Waals surface area contributed by atoms with Crippen molar-refractivity contribution in [2.75, 3.05) is 6.54 Å². The van der Waals surface area contributed by atoms with Gasteiger partial charge in [-0.05, 0) is 4.99 Å². The molecule has 1 aliphatic rings. The van der Waals surface area contributed by atoms with Crippen LogP contribution in [-0.4, -0.2) is 12.8 Å². The van der Waals surface area contributed by atoms with Crippen molar-refractivity contribution >= 4 is 6.21 Å². The fourth-order valence-corrected chi connectivity index (χ4v) is 0.293. The second kappa shape index (κ2) is 1.53. The molecule has 1 rings (SSSR count). The lowest BCUT2D eigenvalue weighted by Crippen LogP contribution is -2.09. The first-order chi connectivity index (χ1) is 3.00. The minimum Gasteiger partial charge on any atom is -0.344 e. The molecule has 0 aromatic carbocycles. The number of hydrogen-bond donors (Lipinski definition) is 1. The molecule has 2 nitrogen and oxygen atoms in total. The van der Waals surface area contributed by atoms with Gasteiger partial charge in [0.25, 0.3) is 0 Å². The monoisotopic (exact) mass is 81.0 g/mol. The van der Waals surface area contributed by atoms with Crippen LogP contribution in [0.25, 0.3) is 0 Å². The highest BCUT2D eigenvalue weighted by Gasteiger charge is 1.88. The van der Waals surface area contributed by atoms with Gasteiger partial charge in [-0.2, -0.15) is 0 Å². The highest BCUT2D eigenvalue weighted by molar-refractivity contribution is 5.61. The molecule has 1 heterocycles. The summed E-state index contributed by atoms with van der Waals surface area (Å²) in [4.78, 5) is 3.68. The van der Waals surface area contributed by atoms with Gasteiger partial charge in [-0.3, -0.25) is 0 Å². The summed E-state index contributed by atoms with van der Waals surface area (Å²) in [5.41, 5.74) is 0. The summed E-state index contributed by atoms with van der Waals surface area (Å²) in [6.45, 7) is 0.747. The molecule has 1 aliphatic heterocycles. The van der Waals surface area contributed by atoms with Crippen molar-refractivity contribution in [1.82, 2.24) is 5.32 Å². The Morgan fingerprint density at radius 2 is 2.83 bits per heavy atom. The van der Waals surface area contributed by atoms with Gasteiger partial charge in [0.05, 0.1) is 0 Å². The highest BCUT2D eigenvalue weighted by Crippen LogP contribution is 1.73. The molecule has 6 heavy (non-hydrogen) atoms. The van der Waals surface area contributed by atoms with Crippen LogP contribution in [0.5, 0.6) is 0 Å². The molecular formula is C4H5N2+. The first-order valence-electron chi connectivity index (χ1n) is 1.81. The first kappa shape index (κ1) is 3.32. The summed E-state index contributed by atoms with van der Waals surface area (Å²) in [7, 11) is 0. The van der Waals surface area contributed by atoms with Crippen LogP contribution in [0.1, 0.15) is 0 Å². The molecule has 30 valence electrons. The Hall–Kier alpha value is -0.880. The van der Waals surface area contributed by atoms with Crippen molar-refractivity contribution in [1.29, 1.82) is 0 Å². The fourth-order valence-electron chi connectivity index (χ4n) is 0.293. The van der Waals surface area contributed by atoms with Crippen LogP contribution in [0, 0.1) is 0 Å². The van der Waals surface area contributed by atoms with Gasteiger partial charge in [0.2, 0.25) is 6.21 Å². The van der Waals surface area contributed by atoms with Gasteiger partial charge in [-0.15, -0.1) is 0 Å². The van der Waals surface area contributed by atoms with Crippen LogP contribution in [-0.2, 0) is 0 Å². The van der Waals surface area contributed by atoms with Crippen molar-refractivity contribution in [2.45, 2.75) is 0 Å². The quantitative estimate of drug-likeness (QED) is 0.408. The zero-order chi connectivity index (χ0) is 4.24. The maximum absolute atomic E-state index is 3.68. The Morgan fingerprint density at radius 3 is 3.00 bits per heavy atom. The van der Waals surface area contributed by atoms with E-state index >= 15 is 0 Å². The average molecular weight is 81.1 g/mol. The summed E-state index contributed by atoms with van der Waals surface area (Å²) in [6.07, 6.45) is 6.17. The Bertz CT molecular complexity index is 71.5. The number of aliphatic imine (C=N–C) groups is 1. The number of nitrogens with one attached hydrogen (secondary N) is 1. The van der Waals surface area contributed by atoms with Gasteiger partial charge in [-0.25, -0.2) is 0 Å². The van der Waals surface area contributed by atoms with Crippen molar-refractivity contribution in [3.63, 3.8) is 0 Å². The van der Waals surface area contributed by atoms with E-state index < -0.39 is 0 Å². The van der Waals surface area contributed by atoms with Gasteiger partial charge in [0, 0.05) is 0 Å². The SMILES string of the molecule is [C+]1=NC=CNC1. The molecule has 0 spiro atoms. The Balaban J connectivity index is 2.46. The van der Waals surface area contributed by atoms with Crippen molar-refractivity contribution in [3.8, 4) is 0 Å². The predicted molar refractivity (Wildman–Crippen MR) is 24.6 cm³/mol. The van der Waals surface area contributed by atoms with E-state index in [-0.39, 0.29) is 0 Å². The summed E-state index contributed by atoms with van der Waals surface area (Å²) in [6, 6.07) is 0. The average Bonchev–Trinajstić information content (AvgIpc) is 1.72. The Kier molecular flexibility index (Phi) is 0.845. The minimum atomic E-state index is 0.747. The molecule has 0 aromatic heterocycles. The summed E-state index contributed by atoms with van der Waals surface area (Å²) in [5.74, 6) is 0. The standard InChI is InChI=1S/C4H5N2/c1-2-6-4-3-5-1/h1-2,5H,3H2/q+1. The van der Waals surface area contributed by atoms with Crippen molar-refractivity contribution < 1.29 is 0 Å². The molecule has 0 unspecified atom stereocenters. The van der Waals surface area contributed by atoms with Gasteiger partial charge in [0.1, 0.15) is 6.20 Å². The van der Waals surface area contributed by atoms with Gasteiger partial charge >= 0.3 is 0 Å². The smallest absolute Gasteiger partial charge is 0.208 e. The summed E-state index contributed by atoms with van der Waals surface area (Å²) >= 11 is 0. The largest absolute Gasteiger partial charge is 0.344 e. The number of rotatable bonds is 0. The molecule has 0 fully saturated rings. The van der Waals surface area contributed by atoms with E-state index in [1.54, 1.807) is 12.4 Å². The lowest BCUT2D eigenvalue weighted by atomic mass is 10.6. The van der Waals surface area contributed by atoms with Gasteiger partial charge in [0.15, 0.2) is 12.7 Å². The highest BCUT2D eigenvalue weighted by atomic mass is 14.9. The molecule has 2 heteroatoms. The third-order valence-corrected chi connectivity index (χ3v) is 0.539. The number of nitrogens with zero attached hydrogens (tertiary/aromatic N) is 1. The summed E-state index contributed by atoms with van der Waals surface area (Å²) < 4.78 is 0. The molecule has 0 saturated heterocycles. The molecule has 0 aromatic rings. The third-order valence-electron chi connectivity index (χ3n) is 0.539. The lowest BCUT2D eigenvalue weighted by molar-refractivity contribution is 1.01. The van der Waals surface area contributed by atoms with E-state index in [1.807, 2.05) is 0 Å². The molecule has 0 amide bonds. The van der Waals surface area contributed by atoms with E-state index in [9.17, 15) is 0 Å². The summed E-state index contributed by atoms with van der Waals surface area (Å²) in [5, 5.41) is 2.90. The topological polar surface area (TPSA) is 24.4 Å². The lowest BCUT2D eigenvalue weighted by Gasteiger charge is -1.82. The second-order valence-electron chi connectivity index (χ2n) is 0.984. The van der Waals surface area contributed by atoms with E-state index in [2.05, 4.69) is 16.5 Å².